The highest BCUT2D eigenvalue weighted by Crippen LogP contribution is 1.99. The van der Waals surface area contributed by atoms with Crippen LogP contribution < -0.4 is 11.1 Å². The fraction of sp³-hybridized carbons (Fsp3) is 0.333. The van der Waals surface area contributed by atoms with E-state index < -0.39 is 0 Å². The summed E-state index contributed by atoms with van der Waals surface area (Å²) in [4.78, 5) is 22.9. The summed E-state index contributed by atoms with van der Waals surface area (Å²) in [5.41, 5.74) is 0.0866. The fourth-order valence-corrected chi connectivity index (χ4v) is 2.03. The lowest BCUT2D eigenvalue weighted by Crippen LogP contribution is -2.19. The Morgan fingerprint density at radius 2 is 1.16 bits per heavy atom. The Bertz CT molecular complexity index is 573. The second-order valence-corrected chi connectivity index (χ2v) is 4.53. The first-order valence-corrected chi connectivity index (χ1v) is 6.58. The third-order valence-electron chi connectivity index (χ3n) is 3.10. The fourth-order valence-electron chi connectivity index (χ4n) is 2.03. The molecule has 0 aliphatic heterocycles. The molecule has 0 radical (unpaired) electrons. The summed E-state index contributed by atoms with van der Waals surface area (Å²) in [7, 11) is 0. The van der Waals surface area contributed by atoms with Gasteiger partial charge in [-0.1, -0.05) is 12.1 Å². The van der Waals surface area contributed by atoms with Crippen LogP contribution in [-0.2, 0) is 13.1 Å². The molecule has 0 saturated heterocycles. The number of unbranched alkanes of at least 4 members (excludes halogenated alkanes) is 2. The van der Waals surface area contributed by atoms with Crippen molar-refractivity contribution in [1.29, 1.82) is 0 Å². The van der Waals surface area contributed by atoms with E-state index in [4.69, 9.17) is 0 Å². The molecular weight excluding hydrogens is 240 g/mol. The third kappa shape index (κ3) is 3.95. The molecule has 0 bridgehead atoms. The van der Waals surface area contributed by atoms with E-state index in [1.165, 1.54) is 0 Å². The Labute approximate surface area is 111 Å². The van der Waals surface area contributed by atoms with Crippen molar-refractivity contribution in [1.82, 2.24) is 9.13 Å². The van der Waals surface area contributed by atoms with Gasteiger partial charge in [0.1, 0.15) is 0 Å². The predicted octanol–water partition coefficient (Wildman–Crippen LogP) is 1.88. The van der Waals surface area contributed by atoms with E-state index >= 15 is 0 Å². The highest BCUT2D eigenvalue weighted by molar-refractivity contribution is 4.93. The second-order valence-electron chi connectivity index (χ2n) is 4.53. The number of aryl methyl sites for hydroxylation is 2. The van der Waals surface area contributed by atoms with Crippen LogP contribution in [0.3, 0.4) is 0 Å². The molecule has 2 aromatic rings. The lowest BCUT2D eigenvalue weighted by Gasteiger charge is -2.06. The number of hydrogen-bond acceptors (Lipinski definition) is 2. The zero-order valence-corrected chi connectivity index (χ0v) is 10.9. The molecule has 0 aromatic carbocycles. The first kappa shape index (κ1) is 13.3. The maximum atomic E-state index is 11.5. The molecule has 0 saturated carbocycles. The topological polar surface area (TPSA) is 44.0 Å². The summed E-state index contributed by atoms with van der Waals surface area (Å²) in [5, 5.41) is 0. The summed E-state index contributed by atoms with van der Waals surface area (Å²) in [6, 6.07) is 10.4. The summed E-state index contributed by atoms with van der Waals surface area (Å²) >= 11 is 0. The van der Waals surface area contributed by atoms with Gasteiger partial charge in [0.05, 0.1) is 0 Å². The highest BCUT2D eigenvalue weighted by atomic mass is 16.1. The van der Waals surface area contributed by atoms with Crippen LogP contribution in [-0.4, -0.2) is 9.13 Å². The number of pyridine rings is 2. The third-order valence-corrected chi connectivity index (χ3v) is 3.10. The summed E-state index contributed by atoms with van der Waals surface area (Å²) in [6.07, 6.45) is 6.52. The molecule has 4 nitrogen and oxygen atoms in total. The van der Waals surface area contributed by atoms with Gasteiger partial charge in [-0.3, -0.25) is 9.59 Å². The van der Waals surface area contributed by atoms with Gasteiger partial charge in [0, 0.05) is 37.6 Å². The van der Waals surface area contributed by atoms with Gasteiger partial charge in [0.15, 0.2) is 0 Å². The second kappa shape index (κ2) is 6.73. The molecule has 19 heavy (non-hydrogen) atoms. The van der Waals surface area contributed by atoms with Crippen LogP contribution in [0, 0.1) is 0 Å². The molecule has 0 atom stereocenters. The van der Waals surface area contributed by atoms with Crippen LogP contribution in [0.1, 0.15) is 19.3 Å². The Balaban J connectivity index is 1.74. The minimum absolute atomic E-state index is 0.0433. The zero-order valence-electron chi connectivity index (χ0n) is 10.9. The van der Waals surface area contributed by atoms with Crippen LogP contribution in [0.15, 0.2) is 58.4 Å². The van der Waals surface area contributed by atoms with Crippen molar-refractivity contribution in [2.45, 2.75) is 32.4 Å². The van der Waals surface area contributed by atoms with Gasteiger partial charge in [-0.2, -0.15) is 0 Å². The molecule has 0 amide bonds. The summed E-state index contributed by atoms with van der Waals surface area (Å²) in [5.74, 6) is 0. The van der Waals surface area contributed by atoms with Crippen molar-refractivity contribution in [3.8, 4) is 0 Å². The molecule has 0 aliphatic rings. The van der Waals surface area contributed by atoms with Gasteiger partial charge in [-0.25, -0.2) is 0 Å². The molecule has 0 spiro atoms. The number of rotatable bonds is 6. The van der Waals surface area contributed by atoms with Crippen LogP contribution >= 0.6 is 0 Å². The first-order chi connectivity index (χ1) is 9.27. The SMILES string of the molecule is O=c1ccccn1CCCCCn1ccccc1=O. The molecule has 0 fully saturated rings. The van der Waals surface area contributed by atoms with Crippen molar-refractivity contribution in [2.75, 3.05) is 0 Å². The molecule has 2 rings (SSSR count). The highest BCUT2D eigenvalue weighted by Gasteiger charge is 1.96. The lowest BCUT2D eigenvalue weighted by atomic mass is 10.2. The largest absolute Gasteiger partial charge is 0.316 e. The van der Waals surface area contributed by atoms with Crippen molar-refractivity contribution < 1.29 is 0 Å². The normalized spacial score (nSPS) is 10.5. The van der Waals surface area contributed by atoms with E-state index in [0.717, 1.165) is 32.4 Å². The summed E-state index contributed by atoms with van der Waals surface area (Å²) in [6.45, 7) is 1.48. The van der Waals surface area contributed by atoms with Gasteiger partial charge >= 0.3 is 0 Å². The number of aromatic nitrogens is 2. The van der Waals surface area contributed by atoms with Crippen LogP contribution in [0.2, 0.25) is 0 Å². The van der Waals surface area contributed by atoms with Crippen molar-refractivity contribution in [3.63, 3.8) is 0 Å². The van der Waals surface area contributed by atoms with E-state index in [2.05, 4.69) is 0 Å². The molecule has 2 heterocycles. The Hall–Kier alpha value is -2.10. The van der Waals surface area contributed by atoms with Crippen LogP contribution in [0.4, 0.5) is 0 Å². The zero-order chi connectivity index (χ0) is 13.5. The van der Waals surface area contributed by atoms with Crippen molar-refractivity contribution in [2.24, 2.45) is 0 Å². The van der Waals surface area contributed by atoms with Gasteiger partial charge < -0.3 is 9.13 Å². The van der Waals surface area contributed by atoms with E-state index in [1.54, 1.807) is 33.4 Å². The Kier molecular flexibility index (Phi) is 4.72. The van der Waals surface area contributed by atoms with Crippen LogP contribution in [0.25, 0.3) is 0 Å². The molecule has 4 heteroatoms. The number of hydrogen-bond donors (Lipinski definition) is 0. The summed E-state index contributed by atoms with van der Waals surface area (Å²) < 4.78 is 3.43. The molecule has 100 valence electrons. The molecule has 0 N–H and O–H groups in total. The number of nitrogens with zero attached hydrogens (tertiary/aromatic N) is 2. The monoisotopic (exact) mass is 258 g/mol. The van der Waals surface area contributed by atoms with E-state index in [0.29, 0.717) is 0 Å². The van der Waals surface area contributed by atoms with Gasteiger partial charge in [0.2, 0.25) is 11.1 Å². The van der Waals surface area contributed by atoms with E-state index in [1.807, 2.05) is 24.5 Å². The molecular formula is C15H18N2O2. The maximum Gasteiger partial charge on any atom is 0.250 e. The first-order valence-electron chi connectivity index (χ1n) is 6.58. The minimum atomic E-state index is 0.0433. The lowest BCUT2D eigenvalue weighted by molar-refractivity contribution is 0.532. The average Bonchev–Trinajstić information content (AvgIpc) is 2.42. The minimum Gasteiger partial charge on any atom is -0.316 e. The average molecular weight is 258 g/mol. The Morgan fingerprint density at radius 1 is 0.684 bits per heavy atom. The van der Waals surface area contributed by atoms with Gasteiger partial charge in [0.25, 0.3) is 0 Å². The molecule has 0 unspecified atom stereocenters. The maximum absolute atomic E-state index is 11.5. The van der Waals surface area contributed by atoms with Gasteiger partial charge in [-0.05, 0) is 31.4 Å². The molecule has 2 aromatic heterocycles. The van der Waals surface area contributed by atoms with Crippen molar-refractivity contribution >= 4 is 0 Å². The van der Waals surface area contributed by atoms with E-state index in [-0.39, 0.29) is 11.1 Å². The van der Waals surface area contributed by atoms with E-state index in [9.17, 15) is 9.59 Å². The smallest absolute Gasteiger partial charge is 0.250 e. The predicted molar refractivity (Wildman–Crippen MR) is 75.3 cm³/mol. The van der Waals surface area contributed by atoms with Crippen LogP contribution in [0.5, 0.6) is 0 Å². The quantitative estimate of drug-likeness (QED) is 0.743. The molecule has 0 aliphatic carbocycles. The van der Waals surface area contributed by atoms with Crippen molar-refractivity contribution in [3.05, 3.63) is 69.5 Å². The Morgan fingerprint density at radius 3 is 1.58 bits per heavy atom. The van der Waals surface area contributed by atoms with Gasteiger partial charge in [-0.15, -0.1) is 0 Å². The standard InChI is InChI=1S/C15H18N2O2/c18-14-8-2-6-12-16(14)10-4-1-5-11-17-13-7-3-9-15(17)19/h2-3,6-9,12-13H,1,4-5,10-11H2.